The monoisotopic (exact) mass is 343 g/mol. The maximum atomic E-state index is 12.3. The van der Waals surface area contributed by atoms with E-state index in [1.807, 2.05) is 17.2 Å². The molecule has 0 bridgehead atoms. The smallest absolute Gasteiger partial charge is 0.253 e. The second-order valence-electron chi connectivity index (χ2n) is 7.96. The standard InChI is InChI=1S/C18H25N5O2/c1-18(2,25)17(24)23-8-11-6-13(7-12(11)9-23)22(3)16-14-4-5-19-15(14)20-10-21-16/h4-5,10-13,25H,6-9H2,1-3H3,(H,19,20,21)/t11-,12+,13?. The van der Waals surface area contributed by atoms with Crippen molar-refractivity contribution in [3.05, 3.63) is 18.6 Å². The maximum Gasteiger partial charge on any atom is 0.253 e. The summed E-state index contributed by atoms with van der Waals surface area (Å²) in [4.78, 5) is 28.3. The molecular weight excluding hydrogens is 318 g/mol. The first-order valence-electron chi connectivity index (χ1n) is 8.87. The second kappa shape index (κ2) is 5.69. The molecule has 25 heavy (non-hydrogen) atoms. The van der Waals surface area contributed by atoms with Gasteiger partial charge in [-0.2, -0.15) is 0 Å². The van der Waals surface area contributed by atoms with Crippen molar-refractivity contribution in [2.75, 3.05) is 25.0 Å². The maximum absolute atomic E-state index is 12.3. The first-order valence-corrected chi connectivity index (χ1v) is 8.87. The Balaban J connectivity index is 1.46. The molecule has 2 aromatic rings. The second-order valence-corrected chi connectivity index (χ2v) is 7.96. The molecule has 2 N–H and O–H groups in total. The van der Waals surface area contributed by atoms with E-state index in [1.54, 1.807) is 20.2 Å². The fourth-order valence-corrected chi connectivity index (χ4v) is 4.45. The van der Waals surface area contributed by atoms with Crippen LogP contribution >= 0.6 is 0 Å². The highest BCUT2D eigenvalue weighted by Crippen LogP contribution is 2.41. The highest BCUT2D eigenvalue weighted by molar-refractivity contribution is 5.87. The molecule has 0 spiro atoms. The Morgan fingerprint density at radius 2 is 2.00 bits per heavy atom. The van der Waals surface area contributed by atoms with Crippen molar-refractivity contribution in [3.8, 4) is 0 Å². The van der Waals surface area contributed by atoms with Crippen LogP contribution in [0.5, 0.6) is 0 Å². The van der Waals surface area contributed by atoms with E-state index in [4.69, 9.17) is 0 Å². The molecule has 2 aliphatic rings. The predicted octanol–water partition coefficient (Wildman–Crippen LogP) is 1.40. The summed E-state index contributed by atoms with van der Waals surface area (Å²) >= 11 is 0. The number of likely N-dealkylation sites (tertiary alicyclic amines) is 1. The van der Waals surface area contributed by atoms with Gasteiger partial charge in [0.1, 0.15) is 23.4 Å². The fraction of sp³-hybridized carbons (Fsp3) is 0.611. The van der Waals surface area contributed by atoms with Gasteiger partial charge in [0.05, 0.1) is 5.39 Å². The number of hydrogen-bond acceptors (Lipinski definition) is 5. The SMILES string of the molecule is CN(c1ncnc2[nH]ccc12)C1C[C@@H]2CN(C(=O)C(C)(C)O)C[C@@H]2C1. The van der Waals surface area contributed by atoms with Gasteiger partial charge in [-0.05, 0) is 44.6 Å². The number of carbonyl (C=O) groups is 1. The molecule has 2 aromatic heterocycles. The highest BCUT2D eigenvalue weighted by Gasteiger charge is 2.45. The van der Waals surface area contributed by atoms with E-state index in [2.05, 4.69) is 26.9 Å². The van der Waals surface area contributed by atoms with E-state index in [0.29, 0.717) is 17.9 Å². The van der Waals surface area contributed by atoms with Crippen LogP contribution in [0.3, 0.4) is 0 Å². The number of aromatic amines is 1. The van der Waals surface area contributed by atoms with Gasteiger partial charge < -0.3 is 19.9 Å². The Labute approximate surface area is 147 Å². The Kier molecular flexibility index (Phi) is 3.72. The molecule has 0 aromatic carbocycles. The molecule has 134 valence electrons. The van der Waals surface area contributed by atoms with E-state index < -0.39 is 5.60 Å². The number of H-pyrrole nitrogens is 1. The van der Waals surface area contributed by atoms with E-state index in [9.17, 15) is 9.90 Å². The van der Waals surface area contributed by atoms with E-state index in [-0.39, 0.29) is 5.91 Å². The summed E-state index contributed by atoms with van der Waals surface area (Å²) < 4.78 is 0. The average molecular weight is 343 g/mol. The average Bonchev–Trinajstić information content (AvgIpc) is 3.25. The molecule has 3 heterocycles. The van der Waals surface area contributed by atoms with E-state index in [1.165, 1.54) is 0 Å². The van der Waals surface area contributed by atoms with Gasteiger partial charge in [0.2, 0.25) is 0 Å². The minimum atomic E-state index is -1.28. The van der Waals surface area contributed by atoms with E-state index >= 15 is 0 Å². The van der Waals surface area contributed by atoms with Crippen LogP contribution in [0, 0.1) is 11.8 Å². The molecule has 1 aliphatic carbocycles. The Hall–Kier alpha value is -2.15. The Morgan fingerprint density at radius 3 is 2.64 bits per heavy atom. The van der Waals surface area contributed by atoms with Crippen LogP contribution in [0.1, 0.15) is 26.7 Å². The summed E-state index contributed by atoms with van der Waals surface area (Å²) in [6, 6.07) is 2.43. The Bertz CT molecular complexity index is 782. The van der Waals surface area contributed by atoms with Gasteiger partial charge in [-0.15, -0.1) is 0 Å². The van der Waals surface area contributed by atoms with Crippen molar-refractivity contribution in [2.24, 2.45) is 11.8 Å². The zero-order chi connectivity index (χ0) is 17.8. The van der Waals surface area contributed by atoms with Gasteiger partial charge in [0, 0.05) is 32.4 Å². The third-order valence-corrected chi connectivity index (χ3v) is 5.75. The van der Waals surface area contributed by atoms with Crippen LogP contribution in [0.2, 0.25) is 0 Å². The number of nitrogens with one attached hydrogen (secondary N) is 1. The van der Waals surface area contributed by atoms with Gasteiger partial charge in [0.15, 0.2) is 0 Å². The molecule has 4 rings (SSSR count). The quantitative estimate of drug-likeness (QED) is 0.880. The minimum absolute atomic E-state index is 0.156. The van der Waals surface area contributed by atoms with Gasteiger partial charge in [-0.3, -0.25) is 4.79 Å². The number of hydrogen-bond donors (Lipinski definition) is 2. The molecule has 1 saturated carbocycles. The number of anilines is 1. The van der Waals surface area contributed by atoms with Gasteiger partial charge in [-0.25, -0.2) is 9.97 Å². The largest absolute Gasteiger partial charge is 0.381 e. The molecule has 7 nitrogen and oxygen atoms in total. The van der Waals surface area contributed by atoms with Crippen LogP contribution in [0.15, 0.2) is 18.6 Å². The topological polar surface area (TPSA) is 85.4 Å². The van der Waals surface area contributed by atoms with Crippen molar-refractivity contribution in [3.63, 3.8) is 0 Å². The minimum Gasteiger partial charge on any atom is -0.381 e. The molecular formula is C18H25N5O2. The lowest BCUT2D eigenvalue weighted by Gasteiger charge is -2.29. The van der Waals surface area contributed by atoms with Gasteiger partial charge >= 0.3 is 0 Å². The van der Waals surface area contributed by atoms with E-state index in [0.717, 1.165) is 42.8 Å². The summed E-state index contributed by atoms with van der Waals surface area (Å²) in [5.74, 6) is 1.81. The lowest BCUT2D eigenvalue weighted by atomic mass is 10.0. The lowest BCUT2D eigenvalue weighted by Crippen LogP contribution is -2.45. The lowest BCUT2D eigenvalue weighted by molar-refractivity contribution is -0.147. The molecule has 1 unspecified atom stereocenters. The third-order valence-electron chi connectivity index (χ3n) is 5.75. The summed E-state index contributed by atoms with van der Waals surface area (Å²) in [5, 5.41) is 11.0. The fourth-order valence-electron chi connectivity index (χ4n) is 4.45. The molecule has 0 radical (unpaired) electrons. The van der Waals surface area contributed by atoms with Crippen LogP contribution in [-0.2, 0) is 4.79 Å². The molecule has 1 amide bonds. The van der Waals surface area contributed by atoms with Gasteiger partial charge in [0.25, 0.3) is 5.91 Å². The van der Waals surface area contributed by atoms with Crippen LogP contribution < -0.4 is 4.90 Å². The Morgan fingerprint density at radius 1 is 1.32 bits per heavy atom. The number of amides is 1. The molecule has 7 heteroatoms. The number of aliphatic hydroxyl groups is 1. The number of nitrogens with zero attached hydrogens (tertiary/aromatic N) is 4. The van der Waals surface area contributed by atoms with Crippen LogP contribution in [0.4, 0.5) is 5.82 Å². The van der Waals surface area contributed by atoms with Crippen molar-refractivity contribution >= 4 is 22.8 Å². The number of rotatable bonds is 3. The molecule has 2 fully saturated rings. The summed E-state index contributed by atoms with van der Waals surface area (Å²) in [6.45, 7) is 4.64. The first kappa shape index (κ1) is 16.3. The summed E-state index contributed by atoms with van der Waals surface area (Å²) in [7, 11) is 2.10. The predicted molar refractivity (Wildman–Crippen MR) is 95.2 cm³/mol. The van der Waals surface area contributed by atoms with Crippen molar-refractivity contribution in [2.45, 2.75) is 38.3 Å². The van der Waals surface area contributed by atoms with Crippen LogP contribution in [0.25, 0.3) is 11.0 Å². The normalized spacial score (nSPS) is 26.2. The number of fused-ring (bicyclic) bond motifs is 2. The summed E-state index contributed by atoms with van der Waals surface area (Å²) in [5.41, 5.74) is -0.424. The summed E-state index contributed by atoms with van der Waals surface area (Å²) in [6.07, 6.45) is 5.59. The molecule has 1 aliphatic heterocycles. The van der Waals surface area contributed by atoms with Crippen LogP contribution in [-0.4, -0.2) is 62.6 Å². The number of aromatic nitrogens is 3. The zero-order valence-electron chi connectivity index (χ0n) is 14.9. The highest BCUT2D eigenvalue weighted by atomic mass is 16.3. The first-order chi connectivity index (χ1) is 11.8. The number of carbonyl (C=O) groups excluding carboxylic acids is 1. The molecule has 1 saturated heterocycles. The molecule has 3 atom stereocenters. The van der Waals surface area contributed by atoms with Gasteiger partial charge in [-0.1, -0.05) is 0 Å². The van der Waals surface area contributed by atoms with Crippen molar-refractivity contribution in [1.29, 1.82) is 0 Å². The third kappa shape index (κ3) is 2.76. The van der Waals surface area contributed by atoms with Crippen molar-refractivity contribution in [1.82, 2.24) is 19.9 Å². The zero-order valence-corrected chi connectivity index (χ0v) is 14.9. The van der Waals surface area contributed by atoms with Crippen molar-refractivity contribution < 1.29 is 9.90 Å².